The van der Waals surface area contributed by atoms with Crippen molar-refractivity contribution < 1.29 is 9.53 Å². The van der Waals surface area contributed by atoms with Crippen molar-refractivity contribution in [2.75, 3.05) is 6.61 Å². The molecule has 3 nitrogen and oxygen atoms in total. The number of alkyl carbamates (subject to hydrolysis) is 1. The molecule has 0 aliphatic heterocycles. The molecule has 0 spiro atoms. The lowest BCUT2D eigenvalue weighted by atomic mass is 10.2. The monoisotopic (exact) mass is 155 g/mol. The summed E-state index contributed by atoms with van der Waals surface area (Å²) < 4.78 is 4.63. The van der Waals surface area contributed by atoms with Crippen LogP contribution in [0.1, 0.15) is 20.3 Å². The zero-order valence-electron chi connectivity index (χ0n) is 6.89. The van der Waals surface area contributed by atoms with Crippen molar-refractivity contribution >= 4 is 6.09 Å². The van der Waals surface area contributed by atoms with Crippen molar-refractivity contribution in [3.8, 4) is 12.3 Å². The fourth-order valence-electron chi connectivity index (χ4n) is 0.577. The van der Waals surface area contributed by atoms with Crippen LogP contribution in [0, 0.1) is 12.3 Å². The van der Waals surface area contributed by atoms with Crippen molar-refractivity contribution in [3.63, 3.8) is 0 Å². The molecule has 1 unspecified atom stereocenters. The molecule has 0 saturated heterocycles. The van der Waals surface area contributed by atoms with Crippen LogP contribution in [0.4, 0.5) is 4.79 Å². The number of carbonyl (C=O) groups is 1. The summed E-state index contributed by atoms with van der Waals surface area (Å²) in [7, 11) is 0. The lowest BCUT2D eigenvalue weighted by molar-refractivity contribution is 0.150. The molecule has 0 aromatic rings. The molecule has 1 N–H and O–H groups in total. The van der Waals surface area contributed by atoms with Gasteiger partial charge in [-0.1, -0.05) is 12.8 Å². The summed E-state index contributed by atoms with van der Waals surface area (Å²) in [6.45, 7) is 4.01. The average molecular weight is 155 g/mol. The highest BCUT2D eigenvalue weighted by Crippen LogP contribution is 1.88. The molecule has 0 fully saturated rings. The van der Waals surface area contributed by atoms with Crippen LogP contribution in [0.5, 0.6) is 0 Å². The highest BCUT2D eigenvalue weighted by molar-refractivity contribution is 5.68. The Labute approximate surface area is 67.1 Å². The van der Waals surface area contributed by atoms with E-state index in [4.69, 9.17) is 6.42 Å². The van der Waals surface area contributed by atoms with Crippen molar-refractivity contribution in [1.29, 1.82) is 0 Å². The predicted molar refractivity (Wildman–Crippen MR) is 43.1 cm³/mol. The third-order valence-electron chi connectivity index (χ3n) is 1.18. The Morgan fingerprint density at radius 2 is 2.36 bits per heavy atom. The summed E-state index contributed by atoms with van der Waals surface area (Å²) in [5, 5.41) is 2.52. The summed E-state index contributed by atoms with van der Waals surface area (Å²) in [5.41, 5.74) is 0. The fourth-order valence-corrected chi connectivity index (χ4v) is 0.577. The maximum Gasteiger partial charge on any atom is 0.408 e. The normalized spacial score (nSPS) is 11.4. The van der Waals surface area contributed by atoms with Gasteiger partial charge in [0.1, 0.15) is 0 Å². The van der Waals surface area contributed by atoms with Gasteiger partial charge in [0.05, 0.1) is 12.6 Å². The van der Waals surface area contributed by atoms with E-state index in [0.29, 0.717) is 6.61 Å². The fraction of sp³-hybridized carbons (Fsp3) is 0.625. The topological polar surface area (TPSA) is 38.3 Å². The summed E-state index contributed by atoms with van der Waals surface area (Å²) >= 11 is 0. The molecule has 0 aliphatic rings. The van der Waals surface area contributed by atoms with E-state index >= 15 is 0 Å². The molecule has 0 radical (unpaired) electrons. The number of nitrogens with one attached hydrogen (secondary N) is 1. The molecule has 0 aromatic heterocycles. The van der Waals surface area contributed by atoms with Crippen LogP contribution in [0.2, 0.25) is 0 Å². The molecule has 0 heterocycles. The standard InChI is InChI=1S/C8H13NO2/c1-4-7(5-2)9-8(10)11-6-3/h1,7H,5-6H2,2-3H3,(H,9,10). The molecule has 3 heteroatoms. The summed E-state index contributed by atoms with van der Waals surface area (Å²) in [5.74, 6) is 2.43. The van der Waals surface area contributed by atoms with Gasteiger partial charge in [-0.2, -0.15) is 0 Å². The van der Waals surface area contributed by atoms with Gasteiger partial charge in [-0.05, 0) is 13.3 Å². The molecule has 1 atom stereocenters. The number of carbonyl (C=O) groups excluding carboxylic acids is 1. The van der Waals surface area contributed by atoms with Crippen LogP contribution in [-0.4, -0.2) is 18.7 Å². The van der Waals surface area contributed by atoms with Crippen LogP contribution >= 0.6 is 0 Å². The van der Waals surface area contributed by atoms with Crippen LogP contribution in [-0.2, 0) is 4.74 Å². The lowest BCUT2D eigenvalue weighted by Gasteiger charge is -2.09. The zero-order chi connectivity index (χ0) is 8.69. The first-order chi connectivity index (χ1) is 5.24. The molecular formula is C8H13NO2. The van der Waals surface area contributed by atoms with Gasteiger partial charge >= 0.3 is 6.09 Å². The highest BCUT2D eigenvalue weighted by Gasteiger charge is 2.05. The Hall–Kier alpha value is -1.17. The molecular weight excluding hydrogens is 142 g/mol. The van der Waals surface area contributed by atoms with Gasteiger partial charge < -0.3 is 10.1 Å². The summed E-state index contributed by atoms with van der Waals surface area (Å²) in [6, 6.07) is -0.214. The zero-order valence-corrected chi connectivity index (χ0v) is 6.89. The largest absolute Gasteiger partial charge is 0.450 e. The van der Waals surface area contributed by atoms with Crippen LogP contribution in [0.3, 0.4) is 0 Å². The molecule has 0 rings (SSSR count). The Morgan fingerprint density at radius 3 is 2.73 bits per heavy atom. The molecule has 0 bridgehead atoms. The highest BCUT2D eigenvalue weighted by atomic mass is 16.5. The molecule has 0 aliphatic carbocycles. The number of ether oxygens (including phenoxy) is 1. The minimum atomic E-state index is -0.447. The first-order valence-corrected chi connectivity index (χ1v) is 3.64. The molecule has 0 saturated carbocycles. The van der Waals surface area contributed by atoms with E-state index in [2.05, 4.69) is 16.0 Å². The number of hydrogen-bond donors (Lipinski definition) is 1. The minimum absolute atomic E-state index is 0.214. The van der Waals surface area contributed by atoms with Gasteiger partial charge in [0, 0.05) is 0 Å². The first kappa shape index (κ1) is 9.83. The Balaban J connectivity index is 3.65. The van der Waals surface area contributed by atoms with Crippen molar-refractivity contribution in [2.24, 2.45) is 0 Å². The van der Waals surface area contributed by atoms with Gasteiger partial charge in [0.15, 0.2) is 0 Å². The maximum atomic E-state index is 10.7. The number of terminal acetylenes is 1. The van der Waals surface area contributed by atoms with Gasteiger partial charge in [0.2, 0.25) is 0 Å². The molecule has 11 heavy (non-hydrogen) atoms. The third-order valence-corrected chi connectivity index (χ3v) is 1.18. The SMILES string of the molecule is C#CC(CC)NC(=O)OCC. The summed E-state index contributed by atoms with van der Waals surface area (Å²) in [4.78, 5) is 10.7. The van der Waals surface area contributed by atoms with Crippen molar-refractivity contribution in [3.05, 3.63) is 0 Å². The van der Waals surface area contributed by atoms with E-state index in [0.717, 1.165) is 6.42 Å². The van der Waals surface area contributed by atoms with Gasteiger partial charge in [-0.15, -0.1) is 6.42 Å². The molecule has 0 aromatic carbocycles. The van der Waals surface area contributed by atoms with E-state index < -0.39 is 6.09 Å². The number of hydrogen-bond acceptors (Lipinski definition) is 2. The average Bonchev–Trinajstić information content (AvgIpc) is 2.01. The Morgan fingerprint density at radius 1 is 1.73 bits per heavy atom. The van der Waals surface area contributed by atoms with Gasteiger partial charge in [-0.3, -0.25) is 0 Å². The van der Waals surface area contributed by atoms with E-state index in [9.17, 15) is 4.79 Å². The third kappa shape index (κ3) is 4.26. The second-order valence-corrected chi connectivity index (χ2v) is 1.99. The smallest absolute Gasteiger partial charge is 0.408 e. The second-order valence-electron chi connectivity index (χ2n) is 1.99. The molecule has 62 valence electrons. The van der Waals surface area contributed by atoms with Crippen LogP contribution in [0.15, 0.2) is 0 Å². The quantitative estimate of drug-likeness (QED) is 0.621. The Bertz CT molecular complexity index is 160. The minimum Gasteiger partial charge on any atom is -0.450 e. The molecule has 1 amide bonds. The first-order valence-electron chi connectivity index (χ1n) is 3.64. The van der Waals surface area contributed by atoms with E-state index in [1.54, 1.807) is 6.92 Å². The lowest BCUT2D eigenvalue weighted by Crippen LogP contribution is -2.33. The van der Waals surface area contributed by atoms with E-state index in [-0.39, 0.29) is 6.04 Å². The van der Waals surface area contributed by atoms with Crippen LogP contribution in [0.25, 0.3) is 0 Å². The van der Waals surface area contributed by atoms with Gasteiger partial charge in [-0.25, -0.2) is 4.79 Å². The van der Waals surface area contributed by atoms with Crippen molar-refractivity contribution in [2.45, 2.75) is 26.3 Å². The summed E-state index contributed by atoms with van der Waals surface area (Å²) in [6.07, 6.45) is 5.38. The number of rotatable bonds is 3. The van der Waals surface area contributed by atoms with Gasteiger partial charge in [0.25, 0.3) is 0 Å². The van der Waals surface area contributed by atoms with E-state index in [1.165, 1.54) is 0 Å². The number of amides is 1. The maximum absolute atomic E-state index is 10.7. The predicted octanol–water partition coefficient (Wildman–Crippen LogP) is 1.14. The van der Waals surface area contributed by atoms with Crippen LogP contribution < -0.4 is 5.32 Å². The Kier molecular flexibility index (Phi) is 5.01. The second kappa shape index (κ2) is 5.60. The van der Waals surface area contributed by atoms with Crippen molar-refractivity contribution in [1.82, 2.24) is 5.32 Å². The van der Waals surface area contributed by atoms with E-state index in [1.807, 2.05) is 6.92 Å².